The van der Waals surface area contributed by atoms with Crippen molar-refractivity contribution in [1.29, 1.82) is 0 Å². The second-order valence-corrected chi connectivity index (χ2v) is 6.93. The number of benzene rings is 1. The lowest BCUT2D eigenvalue weighted by Crippen LogP contribution is -2.15. The average Bonchev–Trinajstić information content (AvgIpc) is 3.04. The molecule has 1 amide bonds. The number of methoxy groups -OCH3 is 1. The van der Waals surface area contributed by atoms with Gasteiger partial charge in [-0.1, -0.05) is 23.2 Å². The Morgan fingerprint density at radius 3 is 2.77 bits per heavy atom. The Balaban J connectivity index is 1.62. The van der Waals surface area contributed by atoms with Crippen molar-refractivity contribution >= 4 is 57.1 Å². The summed E-state index contributed by atoms with van der Waals surface area (Å²) < 4.78 is 5.22. The van der Waals surface area contributed by atoms with Crippen molar-refractivity contribution in [2.24, 2.45) is 0 Å². The molecule has 0 saturated heterocycles. The van der Waals surface area contributed by atoms with Gasteiger partial charge in [-0.3, -0.25) is 4.79 Å². The summed E-state index contributed by atoms with van der Waals surface area (Å²) >= 11 is 13.2. The second kappa shape index (κ2) is 8.35. The highest BCUT2D eigenvalue weighted by Crippen LogP contribution is 2.28. The monoisotopic (exact) mass is 408 g/mol. The highest BCUT2D eigenvalue weighted by molar-refractivity contribution is 7.13. The van der Waals surface area contributed by atoms with E-state index in [0.29, 0.717) is 38.1 Å². The molecule has 2 heterocycles. The van der Waals surface area contributed by atoms with Crippen LogP contribution in [-0.4, -0.2) is 23.0 Å². The van der Waals surface area contributed by atoms with Gasteiger partial charge in [0.2, 0.25) is 5.91 Å². The summed E-state index contributed by atoms with van der Waals surface area (Å²) in [6, 6.07) is 8.51. The predicted molar refractivity (Wildman–Crippen MR) is 105 cm³/mol. The van der Waals surface area contributed by atoms with Gasteiger partial charge in [0.15, 0.2) is 5.13 Å². The van der Waals surface area contributed by atoms with Gasteiger partial charge < -0.3 is 15.4 Å². The van der Waals surface area contributed by atoms with Gasteiger partial charge in [-0.05, 0) is 30.3 Å². The van der Waals surface area contributed by atoms with Gasteiger partial charge in [0, 0.05) is 16.6 Å². The van der Waals surface area contributed by atoms with Crippen LogP contribution in [0.15, 0.2) is 41.9 Å². The first-order chi connectivity index (χ1) is 12.5. The van der Waals surface area contributed by atoms with Crippen molar-refractivity contribution in [3.05, 3.63) is 57.6 Å². The fourth-order valence-electron chi connectivity index (χ4n) is 2.14. The summed E-state index contributed by atoms with van der Waals surface area (Å²) in [7, 11) is 1.53. The molecule has 0 saturated carbocycles. The molecule has 0 aliphatic carbocycles. The van der Waals surface area contributed by atoms with Crippen LogP contribution < -0.4 is 15.4 Å². The fourth-order valence-corrected chi connectivity index (χ4v) is 3.14. The van der Waals surface area contributed by atoms with Crippen molar-refractivity contribution in [3.63, 3.8) is 0 Å². The van der Waals surface area contributed by atoms with Crippen LogP contribution in [0.3, 0.4) is 0 Å². The molecule has 2 aromatic heterocycles. The number of carbonyl (C=O) groups excluding carboxylic acids is 1. The Morgan fingerprint density at radius 2 is 2.04 bits per heavy atom. The second-order valence-electron chi connectivity index (χ2n) is 5.20. The number of ether oxygens (including phenoxy) is 1. The summed E-state index contributed by atoms with van der Waals surface area (Å²) in [5, 5.41) is 9.38. The molecule has 9 heteroatoms. The number of pyridine rings is 1. The number of halogens is 2. The normalized spacial score (nSPS) is 10.4. The van der Waals surface area contributed by atoms with Gasteiger partial charge in [0.1, 0.15) is 11.6 Å². The average molecular weight is 409 g/mol. The third-order valence-corrected chi connectivity index (χ3v) is 4.56. The zero-order chi connectivity index (χ0) is 18.5. The van der Waals surface area contributed by atoms with Crippen molar-refractivity contribution in [3.8, 4) is 5.75 Å². The topological polar surface area (TPSA) is 76.1 Å². The van der Waals surface area contributed by atoms with Gasteiger partial charge in [-0.2, -0.15) is 0 Å². The Hall–Kier alpha value is -2.35. The van der Waals surface area contributed by atoms with Crippen LogP contribution in [0.2, 0.25) is 10.0 Å². The Bertz CT molecular complexity index is 915. The maximum atomic E-state index is 12.3. The SMILES string of the molecule is COc1ccc(Cl)cc1NC(=O)Cc1csc(Nc2ccc(Cl)cn2)n1. The predicted octanol–water partition coefficient (Wildman–Crippen LogP) is 4.78. The number of carbonyl (C=O) groups is 1. The van der Waals surface area contributed by atoms with E-state index in [0.717, 1.165) is 0 Å². The Morgan fingerprint density at radius 1 is 1.23 bits per heavy atom. The molecule has 1 aromatic carbocycles. The molecule has 26 heavy (non-hydrogen) atoms. The van der Waals surface area contributed by atoms with Crippen LogP contribution in [0.25, 0.3) is 0 Å². The van der Waals surface area contributed by atoms with Gasteiger partial charge in [-0.25, -0.2) is 9.97 Å². The first-order valence-electron chi connectivity index (χ1n) is 7.50. The largest absolute Gasteiger partial charge is 0.495 e. The zero-order valence-corrected chi connectivity index (χ0v) is 16.0. The number of hydrogen-bond donors (Lipinski definition) is 2. The highest BCUT2D eigenvalue weighted by atomic mass is 35.5. The lowest BCUT2D eigenvalue weighted by atomic mass is 10.2. The van der Waals surface area contributed by atoms with Gasteiger partial charge in [0.25, 0.3) is 0 Å². The van der Waals surface area contributed by atoms with Crippen LogP contribution >= 0.6 is 34.5 Å². The van der Waals surface area contributed by atoms with Gasteiger partial charge >= 0.3 is 0 Å². The summed E-state index contributed by atoms with van der Waals surface area (Å²) in [4.78, 5) is 20.8. The number of nitrogens with zero attached hydrogens (tertiary/aromatic N) is 2. The van der Waals surface area contributed by atoms with Crippen molar-refractivity contribution in [2.45, 2.75) is 6.42 Å². The van der Waals surface area contributed by atoms with E-state index < -0.39 is 0 Å². The summed E-state index contributed by atoms with van der Waals surface area (Å²) in [5.41, 5.74) is 1.16. The first-order valence-corrected chi connectivity index (χ1v) is 9.13. The molecule has 6 nitrogen and oxygen atoms in total. The zero-order valence-electron chi connectivity index (χ0n) is 13.6. The van der Waals surface area contributed by atoms with Crippen molar-refractivity contribution < 1.29 is 9.53 Å². The number of rotatable bonds is 6. The molecule has 0 atom stereocenters. The molecular weight excluding hydrogens is 395 g/mol. The van der Waals surface area contributed by atoms with Gasteiger partial charge in [-0.15, -0.1) is 11.3 Å². The maximum absolute atomic E-state index is 12.3. The van der Waals surface area contributed by atoms with E-state index in [1.165, 1.54) is 18.4 Å². The molecule has 0 fully saturated rings. The lowest BCUT2D eigenvalue weighted by Gasteiger charge is -2.10. The molecule has 2 N–H and O–H groups in total. The molecule has 0 aliphatic heterocycles. The lowest BCUT2D eigenvalue weighted by molar-refractivity contribution is -0.115. The minimum Gasteiger partial charge on any atom is -0.495 e. The Kier molecular flexibility index (Phi) is 5.92. The van der Waals surface area contributed by atoms with Crippen LogP contribution in [0.1, 0.15) is 5.69 Å². The van der Waals surface area contributed by atoms with Crippen LogP contribution in [0.5, 0.6) is 5.75 Å². The minimum atomic E-state index is -0.216. The quantitative estimate of drug-likeness (QED) is 0.613. The molecular formula is C17H14Cl2N4O2S. The van der Waals surface area contributed by atoms with Crippen LogP contribution in [0.4, 0.5) is 16.6 Å². The van der Waals surface area contributed by atoms with E-state index in [2.05, 4.69) is 20.6 Å². The Labute approximate surface area is 164 Å². The van der Waals surface area contributed by atoms with E-state index in [-0.39, 0.29) is 12.3 Å². The van der Waals surface area contributed by atoms with E-state index in [9.17, 15) is 4.79 Å². The third-order valence-electron chi connectivity index (χ3n) is 3.29. The van der Waals surface area contributed by atoms with Crippen molar-refractivity contribution in [1.82, 2.24) is 9.97 Å². The van der Waals surface area contributed by atoms with Gasteiger partial charge in [0.05, 0.1) is 29.9 Å². The number of hydrogen-bond acceptors (Lipinski definition) is 6. The molecule has 3 aromatic rings. The third kappa shape index (κ3) is 4.85. The van der Waals surface area contributed by atoms with E-state index in [1.54, 1.807) is 36.5 Å². The summed E-state index contributed by atoms with van der Waals surface area (Å²) in [5.74, 6) is 0.952. The number of thiazole rings is 1. The van der Waals surface area contributed by atoms with Crippen LogP contribution in [-0.2, 0) is 11.2 Å². The maximum Gasteiger partial charge on any atom is 0.230 e. The molecule has 0 unspecified atom stereocenters. The molecule has 0 bridgehead atoms. The first kappa shape index (κ1) is 18.4. The minimum absolute atomic E-state index is 0.127. The number of amides is 1. The summed E-state index contributed by atoms with van der Waals surface area (Å²) in [6.07, 6.45) is 1.67. The molecule has 3 rings (SSSR count). The van der Waals surface area contributed by atoms with E-state index >= 15 is 0 Å². The fraction of sp³-hybridized carbons (Fsp3) is 0.118. The number of aromatic nitrogens is 2. The molecule has 0 spiro atoms. The summed E-state index contributed by atoms with van der Waals surface area (Å²) in [6.45, 7) is 0. The number of anilines is 3. The van der Waals surface area contributed by atoms with Crippen LogP contribution in [0, 0.1) is 0 Å². The van der Waals surface area contributed by atoms with Crippen molar-refractivity contribution in [2.75, 3.05) is 17.7 Å². The standard InChI is InChI=1S/C17H14Cl2N4O2S/c1-25-14-4-2-10(18)6-13(14)22-16(24)7-12-9-26-17(21-12)23-15-5-3-11(19)8-20-15/h2-6,8-9H,7H2,1H3,(H,22,24)(H,20,21,23). The highest BCUT2D eigenvalue weighted by Gasteiger charge is 2.11. The van der Waals surface area contributed by atoms with E-state index in [1.807, 2.05) is 5.38 Å². The van der Waals surface area contributed by atoms with E-state index in [4.69, 9.17) is 27.9 Å². The molecule has 0 radical (unpaired) electrons. The molecule has 0 aliphatic rings. The number of nitrogens with one attached hydrogen (secondary N) is 2. The smallest absolute Gasteiger partial charge is 0.230 e. The molecule has 134 valence electrons.